The van der Waals surface area contributed by atoms with Crippen LogP contribution >= 0.6 is 34.8 Å². The molecule has 3 aromatic carbocycles. The quantitative estimate of drug-likeness (QED) is 0.261. The third-order valence-corrected chi connectivity index (χ3v) is 6.59. The molecule has 190 valence electrons. The first-order chi connectivity index (χ1) is 17.4. The summed E-state index contributed by atoms with van der Waals surface area (Å²) in [7, 11) is 0. The van der Waals surface area contributed by atoms with Crippen LogP contribution in [0.25, 0.3) is 0 Å². The molecule has 0 aliphatic carbocycles. The molecule has 0 heterocycles. The fourth-order valence-corrected chi connectivity index (χ4v) is 4.40. The lowest BCUT2D eigenvalue weighted by Gasteiger charge is -2.32. The summed E-state index contributed by atoms with van der Waals surface area (Å²) in [6.45, 7) is 2.34. The van der Waals surface area contributed by atoms with E-state index in [-0.39, 0.29) is 25.0 Å². The van der Waals surface area contributed by atoms with Crippen LogP contribution in [-0.2, 0) is 22.6 Å². The normalized spacial score (nSPS) is 11.6. The zero-order chi connectivity index (χ0) is 25.9. The van der Waals surface area contributed by atoms with Crippen molar-refractivity contribution in [2.45, 2.75) is 38.8 Å². The number of nitrogens with zero attached hydrogens (tertiary/aromatic N) is 1. The molecule has 0 aliphatic rings. The molecular formula is C28H29Cl3N2O3. The van der Waals surface area contributed by atoms with Gasteiger partial charge in [0.1, 0.15) is 11.8 Å². The van der Waals surface area contributed by atoms with E-state index in [1.807, 2.05) is 30.3 Å². The number of hydrogen-bond donors (Lipinski definition) is 1. The Morgan fingerprint density at radius 3 is 2.31 bits per heavy atom. The number of halogens is 3. The van der Waals surface area contributed by atoms with E-state index < -0.39 is 6.04 Å². The summed E-state index contributed by atoms with van der Waals surface area (Å²) in [6, 6.07) is 20.7. The monoisotopic (exact) mass is 546 g/mol. The Bertz CT molecular complexity index is 1140. The Morgan fingerprint density at radius 2 is 1.64 bits per heavy atom. The average molecular weight is 548 g/mol. The first-order valence-electron chi connectivity index (χ1n) is 11.8. The van der Waals surface area contributed by atoms with E-state index in [0.717, 1.165) is 18.4 Å². The molecule has 0 aliphatic heterocycles. The number of carbonyl (C=O) groups excluding carboxylic acids is 2. The summed E-state index contributed by atoms with van der Waals surface area (Å²) in [6.07, 6.45) is 2.10. The highest BCUT2D eigenvalue weighted by Crippen LogP contribution is 2.27. The lowest BCUT2D eigenvalue weighted by Crippen LogP contribution is -2.52. The van der Waals surface area contributed by atoms with Gasteiger partial charge in [-0.2, -0.15) is 0 Å². The van der Waals surface area contributed by atoms with Gasteiger partial charge in [0.05, 0.1) is 0 Å². The Balaban J connectivity index is 1.93. The van der Waals surface area contributed by atoms with Gasteiger partial charge >= 0.3 is 0 Å². The number of amides is 2. The van der Waals surface area contributed by atoms with Gasteiger partial charge in [0.2, 0.25) is 5.91 Å². The third kappa shape index (κ3) is 8.16. The summed E-state index contributed by atoms with van der Waals surface area (Å²) >= 11 is 18.9. The minimum Gasteiger partial charge on any atom is -0.484 e. The van der Waals surface area contributed by atoms with Crippen molar-refractivity contribution in [3.63, 3.8) is 0 Å². The predicted octanol–water partition coefficient (Wildman–Crippen LogP) is 6.58. The van der Waals surface area contributed by atoms with Crippen LogP contribution in [0.4, 0.5) is 0 Å². The van der Waals surface area contributed by atoms with Crippen LogP contribution in [0.3, 0.4) is 0 Å². The molecular weight excluding hydrogens is 519 g/mol. The summed E-state index contributed by atoms with van der Waals surface area (Å²) in [5.41, 5.74) is 1.49. The van der Waals surface area contributed by atoms with Crippen molar-refractivity contribution < 1.29 is 14.3 Å². The van der Waals surface area contributed by atoms with Crippen LogP contribution in [0.2, 0.25) is 15.1 Å². The van der Waals surface area contributed by atoms with Gasteiger partial charge in [-0.05, 0) is 42.3 Å². The minimum atomic E-state index is -0.799. The second-order valence-electron chi connectivity index (χ2n) is 8.32. The Hall–Kier alpha value is -2.73. The molecule has 8 heteroatoms. The number of ether oxygens (including phenoxy) is 1. The zero-order valence-electron chi connectivity index (χ0n) is 20.1. The molecule has 1 N–H and O–H groups in total. The molecule has 0 aromatic heterocycles. The Labute approximate surface area is 227 Å². The van der Waals surface area contributed by atoms with Crippen LogP contribution < -0.4 is 10.1 Å². The molecule has 0 unspecified atom stereocenters. The van der Waals surface area contributed by atoms with Gasteiger partial charge in [-0.1, -0.05) is 90.6 Å². The van der Waals surface area contributed by atoms with E-state index in [1.54, 1.807) is 42.5 Å². The maximum Gasteiger partial charge on any atom is 0.261 e. The topological polar surface area (TPSA) is 58.6 Å². The third-order valence-electron chi connectivity index (χ3n) is 5.65. The highest BCUT2D eigenvalue weighted by molar-refractivity contribution is 6.36. The van der Waals surface area contributed by atoms with Crippen molar-refractivity contribution in [3.8, 4) is 5.75 Å². The molecule has 5 nitrogen and oxygen atoms in total. The van der Waals surface area contributed by atoms with Gasteiger partial charge in [0.15, 0.2) is 6.61 Å². The van der Waals surface area contributed by atoms with Crippen LogP contribution in [-0.4, -0.2) is 35.9 Å². The molecule has 1 atom stereocenters. The fraction of sp³-hybridized carbons (Fsp3) is 0.286. The number of carbonyl (C=O) groups is 2. The Kier molecular flexibility index (Phi) is 10.9. The zero-order valence-corrected chi connectivity index (χ0v) is 22.3. The van der Waals surface area contributed by atoms with Crippen LogP contribution in [0.15, 0.2) is 72.8 Å². The summed E-state index contributed by atoms with van der Waals surface area (Å²) in [4.78, 5) is 28.5. The van der Waals surface area contributed by atoms with Crippen LogP contribution in [0.5, 0.6) is 5.75 Å². The lowest BCUT2D eigenvalue weighted by molar-refractivity contribution is -0.142. The molecule has 0 spiro atoms. The van der Waals surface area contributed by atoms with Gasteiger partial charge in [0.25, 0.3) is 5.91 Å². The van der Waals surface area contributed by atoms with E-state index >= 15 is 0 Å². The molecule has 2 amide bonds. The maximum atomic E-state index is 13.6. The minimum absolute atomic E-state index is 0.0505. The first-order valence-corrected chi connectivity index (χ1v) is 12.9. The SMILES string of the molecule is CCCCNC(=O)[C@H](Cc1ccccc1)N(Cc1c(Cl)cccc1Cl)C(=O)COc1cccc(Cl)c1. The molecule has 0 bridgehead atoms. The summed E-state index contributed by atoms with van der Waals surface area (Å²) in [5.74, 6) is -0.164. The number of hydrogen-bond acceptors (Lipinski definition) is 3. The van der Waals surface area contributed by atoms with Crippen molar-refractivity contribution in [2.75, 3.05) is 13.2 Å². The largest absolute Gasteiger partial charge is 0.484 e. The van der Waals surface area contributed by atoms with Crippen molar-refractivity contribution >= 4 is 46.6 Å². The van der Waals surface area contributed by atoms with E-state index in [1.165, 1.54) is 4.90 Å². The molecule has 0 fully saturated rings. The smallest absolute Gasteiger partial charge is 0.261 e. The van der Waals surface area contributed by atoms with E-state index in [2.05, 4.69) is 12.2 Å². The highest BCUT2D eigenvalue weighted by Gasteiger charge is 2.31. The van der Waals surface area contributed by atoms with Crippen molar-refractivity contribution in [3.05, 3.63) is 99.0 Å². The Morgan fingerprint density at radius 1 is 0.944 bits per heavy atom. The van der Waals surface area contributed by atoms with Gasteiger partial charge in [-0.15, -0.1) is 0 Å². The molecule has 3 rings (SSSR count). The number of unbranched alkanes of at least 4 members (excludes halogenated alkanes) is 1. The van der Waals surface area contributed by atoms with Gasteiger partial charge < -0.3 is 15.0 Å². The molecule has 3 aromatic rings. The predicted molar refractivity (Wildman–Crippen MR) is 146 cm³/mol. The summed E-state index contributed by atoms with van der Waals surface area (Å²) < 4.78 is 5.73. The average Bonchev–Trinajstić information content (AvgIpc) is 2.87. The van der Waals surface area contributed by atoms with E-state index in [9.17, 15) is 9.59 Å². The van der Waals surface area contributed by atoms with Crippen LogP contribution in [0.1, 0.15) is 30.9 Å². The number of rotatable bonds is 12. The van der Waals surface area contributed by atoms with Crippen molar-refractivity contribution in [1.82, 2.24) is 10.2 Å². The second kappa shape index (κ2) is 14.1. The van der Waals surface area contributed by atoms with Crippen molar-refractivity contribution in [1.29, 1.82) is 0 Å². The lowest BCUT2D eigenvalue weighted by atomic mass is 10.0. The van der Waals surface area contributed by atoms with E-state index in [4.69, 9.17) is 39.5 Å². The molecule has 0 saturated carbocycles. The maximum absolute atomic E-state index is 13.6. The first kappa shape index (κ1) is 27.9. The van der Waals surface area contributed by atoms with Crippen molar-refractivity contribution in [2.24, 2.45) is 0 Å². The standard InChI is InChI=1S/C28H29Cl3N2O3/c1-2-3-15-32-28(35)26(16-20-9-5-4-6-10-20)33(18-23-24(30)13-8-14-25(23)31)27(34)19-36-22-12-7-11-21(29)17-22/h4-14,17,26H,2-3,15-16,18-19H2,1H3,(H,32,35)/t26-/m0/s1. The second-order valence-corrected chi connectivity index (χ2v) is 9.57. The molecule has 0 radical (unpaired) electrons. The van der Waals surface area contributed by atoms with Gasteiger partial charge in [-0.3, -0.25) is 9.59 Å². The molecule has 36 heavy (non-hydrogen) atoms. The highest BCUT2D eigenvalue weighted by atomic mass is 35.5. The van der Waals surface area contributed by atoms with E-state index in [0.29, 0.717) is 39.3 Å². The molecule has 0 saturated heterocycles. The van der Waals surface area contributed by atoms with Crippen LogP contribution in [0, 0.1) is 0 Å². The number of benzene rings is 3. The van der Waals surface area contributed by atoms with Gasteiger partial charge in [0, 0.05) is 40.1 Å². The summed E-state index contributed by atoms with van der Waals surface area (Å²) in [5, 5.41) is 4.31. The van der Waals surface area contributed by atoms with Gasteiger partial charge in [-0.25, -0.2) is 0 Å². The fourth-order valence-electron chi connectivity index (χ4n) is 3.70. The number of nitrogens with one attached hydrogen (secondary N) is 1.